The van der Waals surface area contributed by atoms with Crippen molar-refractivity contribution in [2.24, 2.45) is 0 Å². The Labute approximate surface area is 97.4 Å². The first kappa shape index (κ1) is 11.5. The summed E-state index contributed by atoms with van der Waals surface area (Å²) >= 11 is 0. The van der Waals surface area contributed by atoms with Crippen molar-refractivity contribution < 1.29 is 14.4 Å². The molecule has 1 atom stereocenters. The SMILES string of the molecule is COc1ccc(-c2noc(CC(C)O)n2)nn1. The highest BCUT2D eigenvalue weighted by Gasteiger charge is 2.12. The van der Waals surface area contributed by atoms with Crippen molar-refractivity contribution >= 4 is 0 Å². The lowest BCUT2D eigenvalue weighted by Crippen LogP contribution is -2.04. The average molecular weight is 236 g/mol. The van der Waals surface area contributed by atoms with E-state index in [1.54, 1.807) is 19.1 Å². The van der Waals surface area contributed by atoms with Crippen molar-refractivity contribution in [2.45, 2.75) is 19.4 Å². The van der Waals surface area contributed by atoms with Crippen LogP contribution in [0.25, 0.3) is 11.5 Å². The van der Waals surface area contributed by atoms with E-state index in [-0.39, 0.29) is 0 Å². The maximum absolute atomic E-state index is 9.18. The summed E-state index contributed by atoms with van der Waals surface area (Å²) in [7, 11) is 1.51. The zero-order valence-electron chi connectivity index (χ0n) is 9.49. The molecule has 0 fully saturated rings. The third-order valence-electron chi connectivity index (χ3n) is 2.02. The molecule has 0 amide bonds. The second kappa shape index (κ2) is 4.88. The van der Waals surface area contributed by atoms with Gasteiger partial charge in [-0.05, 0) is 13.0 Å². The van der Waals surface area contributed by atoms with Crippen molar-refractivity contribution in [1.29, 1.82) is 0 Å². The Morgan fingerprint density at radius 3 is 2.82 bits per heavy atom. The zero-order valence-corrected chi connectivity index (χ0v) is 9.49. The molecule has 17 heavy (non-hydrogen) atoms. The lowest BCUT2D eigenvalue weighted by atomic mass is 10.3. The van der Waals surface area contributed by atoms with Crippen LogP contribution in [0.1, 0.15) is 12.8 Å². The molecule has 0 spiro atoms. The minimum absolute atomic E-state index is 0.316. The molecule has 0 aliphatic rings. The molecule has 90 valence electrons. The van der Waals surface area contributed by atoms with Crippen molar-refractivity contribution in [3.63, 3.8) is 0 Å². The predicted octanol–water partition coefficient (Wildman–Crippen LogP) is 0.458. The van der Waals surface area contributed by atoms with Gasteiger partial charge in [-0.2, -0.15) is 4.98 Å². The van der Waals surface area contributed by atoms with Crippen molar-refractivity contribution in [1.82, 2.24) is 20.3 Å². The van der Waals surface area contributed by atoms with Crippen molar-refractivity contribution in [3.05, 3.63) is 18.0 Å². The molecule has 0 radical (unpaired) electrons. The van der Waals surface area contributed by atoms with Crippen LogP contribution in [-0.2, 0) is 6.42 Å². The second-order valence-corrected chi connectivity index (χ2v) is 3.53. The van der Waals surface area contributed by atoms with Crippen LogP contribution in [0.5, 0.6) is 5.88 Å². The number of aromatic nitrogens is 4. The first-order valence-corrected chi connectivity index (χ1v) is 5.08. The van der Waals surface area contributed by atoms with Gasteiger partial charge in [0.1, 0.15) is 5.69 Å². The normalized spacial score (nSPS) is 12.4. The lowest BCUT2D eigenvalue weighted by Gasteiger charge is -1.97. The van der Waals surface area contributed by atoms with Crippen LogP contribution in [-0.4, -0.2) is 38.7 Å². The van der Waals surface area contributed by atoms with E-state index >= 15 is 0 Å². The van der Waals surface area contributed by atoms with Crippen LogP contribution in [0.4, 0.5) is 0 Å². The maximum atomic E-state index is 9.18. The highest BCUT2D eigenvalue weighted by molar-refractivity contribution is 5.47. The topological polar surface area (TPSA) is 94.2 Å². The molecular weight excluding hydrogens is 224 g/mol. The smallest absolute Gasteiger partial charge is 0.233 e. The van der Waals surface area contributed by atoms with Crippen LogP contribution in [0, 0.1) is 0 Å². The van der Waals surface area contributed by atoms with Crippen molar-refractivity contribution in [3.8, 4) is 17.4 Å². The number of methoxy groups -OCH3 is 1. The molecule has 0 aliphatic carbocycles. The number of nitrogens with zero attached hydrogens (tertiary/aromatic N) is 4. The van der Waals surface area contributed by atoms with E-state index in [1.807, 2.05) is 0 Å². The third kappa shape index (κ3) is 2.76. The molecule has 0 bridgehead atoms. The summed E-state index contributed by atoms with van der Waals surface area (Å²) in [6, 6.07) is 3.34. The number of ether oxygens (including phenoxy) is 1. The molecule has 2 aromatic heterocycles. The van der Waals surface area contributed by atoms with E-state index in [2.05, 4.69) is 20.3 Å². The molecule has 7 heteroatoms. The zero-order chi connectivity index (χ0) is 12.3. The van der Waals surface area contributed by atoms with Crippen molar-refractivity contribution in [2.75, 3.05) is 7.11 Å². The molecule has 0 aromatic carbocycles. The molecule has 2 heterocycles. The highest BCUT2D eigenvalue weighted by Crippen LogP contribution is 2.14. The standard InChI is InChI=1S/C10H12N4O3/c1-6(15)5-9-11-10(14-17-9)7-3-4-8(16-2)13-12-7/h3-4,6,15H,5H2,1-2H3. The Morgan fingerprint density at radius 1 is 1.41 bits per heavy atom. The summed E-state index contributed by atoms with van der Waals surface area (Å²) in [5.74, 6) is 1.13. The van der Waals surface area contributed by atoms with Gasteiger partial charge in [0.05, 0.1) is 19.6 Å². The number of hydrogen-bond donors (Lipinski definition) is 1. The number of rotatable bonds is 4. The minimum Gasteiger partial charge on any atom is -0.480 e. The van der Waals surface area contributed by atoms with Gasteiger partial charge in [-0.15, -0.1) is 10.2 Å². The summed E-state index contributed by atoms with van der Waals surface area (Å²) in [4.78, 5) is 4.10. The number of hydrogen-bond acceptors (Lipinski definition) is 7. The minimum atomic E-state index is -0.523. The summed E-state index contributed by atoms with van der Waals surface area (Å²) in [5, 5.41) is 20.6. The number of aliphatic hydroxyl groups is 1. The fourth-order valence-electron chi connectivity index (χ4n) is 1.24. The third-order valence-corrected chi connectivity index (χ3v) is 2.02. The molecule has 1 N–H and O–H groups in total. The summed E-state index contributed by atoms with van der Waals surface area (Å²) < 4.78 is 9.86. The molecule has 2 aromatic rings. The van der Waals surface area contributed by atoms with E-state index in [4.69, 9.17) is 9.26 Å². The monoisotopic (exact) mass is 236 g/mol. The first-order chi connectivity index (χ1) is 8.19. The number of aliphatic hydroxyl groups excluding tert-OH is 1. The van der Waals surface area contributed by atoms with E-state index in [1.165, 1.54) is 7.11 Å². The van der Waals surface area contributed by atoms with Gasteiger partial charge in [-0.25, -0.2) is 0 Å². The molecule has 0 saturated carbocycles. The van der Waals surface area contributed by atoms with Crippen LogP contribution in [0.2, 0.25) is 0 Å². The van der Waals surface area contributed by atoms with Crippen LogP contribution >= 0.6 is 0 Å². The Morgan fingerprint density at radius 2 is 2.24 bits per heavy atom. The summed E-state index contributed by atoms with van der Waals surface area (Å²) in [6.45, 7) is 1.65. The van der Waals surface area contributed by atoms with Gasteiger partial charge in [-0.3, -0.25) is 0 Å². The molecule has 0 saturated heterocycles. The second-order valence-electron chi connectivity index (χ2n) is 3.53. The summed E-state index contributed by atoms with van der Waals surface area (Å²) in [6.07, 6.45) is -0.207. The van der Waals surface area contributed by atoms with E-state index in [0.29, 0.717) is 29.7 Å². The van der Waals surface area contributed by atoms with Gasteiger partial charge >= 0.3 is 0 Å². The molecule has 0 aliphatic heterocycles. The van der Waals surface area contributed by atoms with Crippen LogP contribution in [0.3, 0.4) is 0 Å². The average Bonchev–Trinajstić information content (AvgIpc) is 2.77. The van der Waals surface area contributed by atoms with Crippen LogP contribution < -0.4 is 4.74 Å². The van der Waals surface area contributed by atoms with Gasteiger partial charge in [0, 0.05) is 6.07 Å². The first-order valence-electron chi connectivity index (χ1n) is 5.08. The Bertz CT molecular complexity index is 481. The molecule has 1 unspecified atom stereocenters. The Kier molecular flexibility index (Phi) is 3.29. The van der Waals surface area contributed by atoms with Gasteiger partial charge < -0.3 is 14.4 Å². The molecular formula is C10H12N4O3. The Hall–Kier alpha value is -2.02. The van der Waals surface area contributed by atoms with Gasteiger partial charge in [0.15, 0.2) is 0 Å². The van der Waals surface area contributed by atoms with E-state index in [9.17, 15) is 5.11 Å². The van der Waals surface area contributed by atoms with Crippen LogP contribution in [0.15, 0.2) is 16.7 Å². The molecule has 2 rings (SSSR count). The maximum Gasteiger partial charge on any atom is 0.233 e. The fraction of sp³-hybridized carbons (Fsp3) is 0.400. The van der Waals surface area contributed by atoms with E-state index < -0.39 is 6.10 Å². The van der Waals surface area contributed by atoms with Gasteiger partial charge in [-0.1, -0.05) is 5.16 Å². The Balaban J connectivity index is 2.18. The van der Waals surface area contributed by atoms with E-state index in [0.717, 1.165) is 0 Å². The summed E-state index contributed by atoms with van der Waals surface area (Å²) in [5.41, 5.74) is 0.492. The lowest BCUT2D eigenvalue weighted by molar-refractivity contribution is 0.181. The predicted molar refractivity (Wildman–Crippen MR) is 57.3 cm³/mol. The quantitative estimate of drug-likeness (QED) is 0.823. The largest absolute Gasteiger partial charge is 0.480 e. The molecule has 7 nitrogen and oxygen atoms in total. The fourth-order valence-corrected chi connectivity index (χ4v) is 1.24. The van der Waals surface area contributed by atoms with Gasteiger partial charge in [0.2, 0.25) is 17.6 Å². The van der Waals surface area contributed by atoms with Gasteiger partial charge in [0.25, 0.3) is 0 Å². The highest BCUT2D eigenvalue weighted by atomic mass is 16.5.